The van der Waals surface area contributed by atoms with Crippen molar-refractivity contribution < 1.29 is 9.59 Å². The molecule has 0 spiro atoms. The van der Waals surface area contributed by atoms with E-state index in [9.17, 15) is 9.59 Å². The molecule has 0 bridgehead atoms. The predicted molar refractivity (Wildman–Crippen MR) is 59.7 cm³/mol. The van der Waals surface area contributed by atoms with Gasteiger partial charge in [0.05, 0.1) is 23.2 Å². The van der Waals surface area contributed by atoms with E-state index in [4.69, 9.17) is 5.73 Å². The summed E-state index contributed by atoms with van der Waals surface area (Å²) in [5.41, 5.74) is 7.88. The van der Waals surface area contributed by atoms with Crippen LogP contribution in [-0.4, -0.2) is 11.8 Å². The number of amides is 2. The van der Waals surface area contributed by atoms with Crippen LogP contribution in [0, 0.1) is 18.8 Å². The first-order valence-corrected chi connectivity index (χ1v) is 5.33. The summed E-state index contributed by atoms with van der Waals surface area (Å²) >= 11 is 0. The van der Waals surface area contributed by atoms with Gasteiger partial charge in [0.25, 0.3) is 0 Å². The van der Waals surface area contributed by atoms with Crippen LogP contribution in [0.1, 0.15) is 12.0 Å². The van der Waals surface area contributed by atoms with Crippen LogP contribution in [0.4, 0.5) is 11.4 Å². The summed E-state index contributed by atoms with van der Waals surface area (Å²) in [6, 6.07) is 5.38. The van der Waals surface area contributed by atoms with Crippen molar-refractivity contribution in [3.63, 3.8) is 0 Å². The topological polar surface area (TPSA) is 63.4 Å². The molecule has 2 unspecified atom stereocenters. The zero-order valence-corrected chi connectivity index (χ0v) is 8.93. The van der Waals surface area contributed by atoms with E-state index < -0.39 is 0 Å². The van der Waals surface area contributed by atoms with Gasteiger partial charge in [0.1, 0.15) is 0 Å². The molecule has 2 aliphatic rings. The molecule has 3 rings (SSSR count). The second kappa shape index (κ2) is 2.84. The molecule has 1 heterocycles. The van der Waals surface area contributed by atoms with Crippen LogP contribution in [0.5, 0.6) is 0 Å². The highest BCUT2D eigenvalue weighted by atomic mass is 16.2. The summed E-state index contributed by atoms with van der Waals surface area (Å²) in [5.74, 6) is -0.336. The summed E-state index contributed by atoms with van der Waals surface area (Å²) in [6.07, 6.45) is 0.722. The zero-order valence-electron chi connectivity index (χ0n) is 8.93. The molecule has 2 fully saturated rings. The van der Waals surface area contributed by atoms with Crippen LogP contribution in [-0.2, 0) is 9.59 Å². The Labute approximate surface area is 93.0 Å². The second-order valence-electron chi connectivity index (χ2n) is 4.52. The number of nitrogens with two attached hydrogens (primary N) is 1. The third-order valence-electron chi connectivity index (χ3n) is 3.29. The van der Waals surface area contributed by atoms with Crippen molar-refractivity contribution >= 4 is 23.2 Å². The number of carbonyl (C=O) groups excluding carboxylic acids is 2. The summed E-state index contributed by atoms with van der Waals surface area (Å²) in [7, 11) is 0. The summed E-state index contributed by atoms with van der Waals surface area (Å²) in [4.78, 5) is 24.9. The van der Waals surface area contributed by atoms with Gasteiger partial charge in [-0.05, 0) is 31.0 Å². The molecule has 16 heavy (non-hydrogen) atoms. The van der Waals surface area contributed by atoms with Gasteiger partial charge in [0, 0.05) is 0 Å². The fraction of sp³-hybridized carbons (Fsp3) is 0.333. The van der Waals surface area contributed by atoms with E-state index in [0.29, 0.717) is 11.4 Å². The normalized spacial score (nSPS) is 27.2. The van der Waals surface area contributed by atoms with Gasteiger partial charge in [0.15, 0.2) is 0 Å². The van der Waals surface area contributed by atoms with Crippen LogP contribution in [0.3, 0.4) is 0 Å². The minimum Gasteiger partial charge on any atom is -0.397 e. The van der Waals surface area contributed by atoms with Gasteiger partial charge in [-0.3, -0.25) is 9.59 Å². The van der Waals surface area contributed by atoms with Gasteiger partial charge < -0.3 is 5.73 Å². The first-order chi connectivity index (χ1) is 7.59. The van der Waals surface area contributed by atoms with Crippen LogP contribution in [0.15, 0.2) is 18.2 Å². The molecular weight excluding hydrogens is 204 g/mol. The molecule has 4 nitrogen and oxygen atoms in total. The molecule has 4 heteroatoms. The standard InChI is InChI=1S/C12H12N2O2/c1-6-2-3-10(9(13)4-6)14-11(15)7-5-8(7)12(14)16/h2-4,7-8H,5,13H2,1H3. The van der Waals surface area contributed by atoms with Crippen molar-refractivity contribution in [3.8, 4) is 0 Å². The lowest BCUT2D eigenvalue weighted by Crippen LogP contribution is -2.33. The number of imide groups is 1. The van der Waals surface area contributed by atoms with Crippen molar-refractivity contribution in [3.05, 3.63) is 23.8 Å². The van der Waals surface area contributed by atoms with E-state index in [1.54, 1.807) is 12.1 Å². The van der Waals surface area contributed by atoms with E-state index in [0.717, 1.165) is 12.0 Å². The molecule has 2 N–H and O–H groups in total. The molecule has 1 aliphatic heterocycles. The maximum atomic E-state index is 11.8. The van der Waals surface area contributed by atoms with E-state index in [1.807, 2.05) is 13.0 Å². The maximum absolute atomic E-state index is 11.8. The largest absolute Gasteiger partial charge is 0.397 e. The number of rotatable bonds is 1. The third-order valence-corrected chi connectivity index (χ3v) is 3.29. The number of hydrogen-bond donors (Lipinski definition) is 1. The van der Waals surface area contributed by atoms with E-state index in [2.05, 4.69) is 0 Å². The van der Waals surface area contributed by atoms with Crippen molar-refractivity contribution in [1.82, 2.24) is 0 Å². The number of fused-ring (bicyclic) bond motifs is 1. The molecule has 1 aliphatic carbocycles. The molecule has 2 amide bonds. The van der Waals surface area contributed by atoms with Crippen LogP contribution < -0.4 is 10.6 Å². The van der Waals surface area contributed by atoms with Gasteiger partial charge in [-0.25, -0.2) is 4.90 Å². The lowest BCUT2D eigenvalue weighted by Gasteiger charge is -2.18. The smallest absolute Gasteiger partial charge is 0.237 e. The van der Waals surface area contributed by atoms with Crippen molar-refractivity contribution in [1.29, 1.82) is 0 Å². The predicted octanol–water partition coefficient (Wildman–Crippen LogP) is 1.09. The Balaban J connectivity index is 2.04. The number of piperidine rings is 1. The van der Waals surface area contributed by atoms with Gasteiger partial charge in [-0.2, -0.15) is 0 Å². The quantitative estimate of drug-likeness (QED) is 0.564. The Kier molecular flexibility index (Phi) is 1.67. The van der Waals surface area contributed by atoms with E-state index in [1.165, 1.54) is 4.90 Å². The molecular formula is C12H12N2O2. The van der Waals surface area contributed by atoms with Gasteiger partial charge in [-0.1, -0.05) is 6.07 Å². The number of hydrogen-bond acceptors (Lipinski definition) is 3. The summed E-state index contributed by atoms with van der Waals surface area (Å²) in [6.45, 7) is 1.92. The molecule has 0 aromatic heterocycles. The minimum absolute atomic E-state index is 0.0757. The number of nitrogens with zero attached hydrogens (tertiary/aromatic N) is 1. The first-order valence-electron chi connectivity index (χ1n) is 5.33. The average Bonchev–Trinajstić information content (AvgIpc) is 2.96. The SMILES string of the molecule is Cc1ccc(N2C(=O)C3CC3C2=O)c(N)c1. The van der Waals surface area contributed by atoms with Crippen LogP contribution in [0.25, 0.3) is 0 Å². The number of carbonyl (C=O) groups is 2. The Bertz CT molecular complexity index is 490. The number of anilines is 2. The number of benzene rings is 1. The van der Waals surface area contributed by atoms with Gasteiger partial charge in [0.2, 0.25) is 11.8 Å². The summed E-state index contributed by atoms with van der Waals surface area (Å²) < 4.78 is 0. The van der Waals surface area contributed by atoms with Gasteiger partial charge >= 0.3 is 0 Å². The van der Waals surface area contributed by atoms with E-state index >= 15 is 0 Å². The zero-order chi connectivity index (χ0) is 11.4. The second-order valence-corrected chi connectivity index (χ2v) is 4.52. The van der Waals surface area contributed by atoms with Crippen molar-refractivity contribution in [2.45, 2.75) is 13.3 Å². The average molecular weight is 216 g/mol. The number of aryl methyl sites for hydroxylation is 1. The van der Waals surface area contributed by atoms with Crippen LogP contribution >= 0.6 is 0 Å². The Morgan fingerprint density at radius 2 is 1.88 bits per heavy atom. The monoisotopic (exact) mass is 216 g/mol. The highest BCUT2D eigenvalue weighted by Crippen LogP contribution is 2.49. The molecule has 0 radical (unpaired) electrons. The Morgan fingerprint density at radius 1 is 1.25 bits per heavy atom. The summed E-state index contributed by atoms with van der Waals surface area (Å²) in [5, 5.41) is 0. The highest BCUT2D eigenvalue weighted by molar-refractivity contribution is 6.25. The van der Waals surface area contributed by atoms with Crippen molar-refractivity contribution in [2.24, 2.45) is 11.8 Å². The Morgan fingerprint density at radius 3 is 2.44 bits per heavy atom. The third kappa shape index (κ3) is 1.10. The molecule has 1 saturated carbocycles. The lowest BCUT2D eigenvalue weighted by molar-refractivity contribution is -0.123. The lowest BCUT2D eigenvalue weighted by atomic mass is 10.1. The first kappa shape index (κ1) is 9.39. The molecule has 1 saturated heterocycles. The fourth-order valence-electron chi connectivity index (χ4n) is 2.30. The fourth-order valence-corrected chi connectivity index (χ4v) is 2.30. The minimum atomic E-state index is -0.0921. The molecule has 82 valence electrons. The van der Waals surface area contributed by atoms with E-state index in [-0.39, 0.29) is 23.7 Å². The van der Waals surface area contributed by atoms with Crippen molar-refractivity contribution in [2.75, 3.05) is 10.6 Å². The molecule has 2 atom stereocenters. The molecule has 1 aromatic rings. The Hall–Kier alpha value is -1.84. The maximum Gasteiger partial charge on any atom is 0.237 e. The molecule has 1 aromatic carbocycles. The number of nitrogen functional groups attached to an aromatic ring is 1. The van der Waals surface area contributed by atoms with Crippen LogP contribution in [0.2, 0.25) is 0 Å². The highest BCUT2D eigenvalue weighted by Gasteiger charge is 2.59. The van der Waals surface area contributed by atoms with Gasteiger partial charge in [-0.15, -0.1) is 0 Å².